The first kappa shape index (κ1) is 18.4. The van der Waals surface area contributed by atoms with E-state index in [-0.39, 0.29) is 20.7 Å². The van der Waals surface area contributed by atoms with E-state index in [2.05, 4.69) is 49.5 Å². The van der Waals surface area contributed by atoms with Crippen LogP contribution in [-0.2, 0) is 15.0 Å². The molecule has 5 heteroatoms. The summed E-state index contributed by atoms with van der Waals surface area (Å²) in [5, 5.41) is 12.3. The Morgan fingerprint density at radius 1 is 0.957 bits per heavy atom. The van der Waals surface area contributed by atoms with Crippen molar-refractivity contribution in [1.82, 2.24) is 0 Å². The summed E-state index contributed by atoms with van der Waals surface area (Å²) in [7, 11) is 0. The molecule has 1 N–H and O–H groups in total. The molecular weight excluding hydrogens is 454 g/mol. The fraction of sp³-hybridized carbons (Fsp3) is 0.0556. The molecule has 3 rings (SSSR count). The summed E-state index contributed by atoms with van der Waals surface area (Å²) < 4.78 is 0. The van der Waals surface area contributed by atoms with Gasteiger partial charge in [-0.05, 0) is 30.0 Å². The number of nitrogens with zero attached hydrogens (tertiary/aromatic N) is 1. The van der Waals surface area contributed by atoms with Crippen molar-refractivity contribution in [2.24, 2.45) is 4.99 Å². The van der Waals surface area contributed by atoms with Gasteiger partial charge in [0, 0.05) is 17.2 Å². The van der Waals surface area contributed by atoms with Crippen LogP contribution in [0.4, 0.5) is 5.69 Å². The number of hydrogen-bond acceptors (Lipinski definition) is 2. The van der Waals surface area contributed by atoms with Crippen molar-refractivity contribution in [2.45, 2.75) is 6.92 Å². The SMILES string of the molecule is Cc1cccc(C=Nc2cccc3ccccc23)c1O.[Br][Ti][Br]. The molecule has 3 aromatic rings. The first-order chi connectivity index (χ1) is 11.2. The maximum atomic E-state index is 10.00. The molecule has 0 saturated carbocycles. The van der Waals surface area contributed by atoms with Gasteiger partial charge in [-0.3, -0.25) is 4.99 Å². The third-order valence-corrected chi connectivity index (χ3v) is 3.38. The Morgan fingerprint density at radius 3 is 2.39 bits per heavy atom. The molecule has 0 aliphatic carbocycles. The molecular formula is C18H15Br2NOTi. The van der Waals surface area contributed by atoms with Crippen molar-refractivity contribution in [3.63, 3.8) is 0 Å². The molecule has 0 unspecified atom stereocenters. The summed E-state index contributed by atoms with van der Waals surface area (Å²) in [4.78, 5) is 4.52. The zero-order chi connectivity index (χ0) is 16.7. The van der Waals surface area contributed by atoms with Crippen LogP contribution >= 0.6 is 26.3 Å². The third kappa shape index (κ3) is 5.02. The molecule has 2 nitrogen and oxygen atoms in total. The first-order valence-electron chi connectivity index (χ1n) is 6.94. The zero-order valence-corrected chi connectivity index (χ0v) is 17.2. The number of para-hydroxylation sites is 1. The molecule has 3 aromatic carbocycles. The van der Waals surface area contributed by atoms with E-state index in [0.29, 0.717) is 0 Å². The number of aryl methyl sites for hydroxylation is 1. The molecule has 0 aromatic heterocycles. The van der Waals surface area contributed by atoms with Crippen molar-refractivity contribution in [3.05, 3.63) is 71.8 Å². The summed E-state index contributed by atoms with van der Waals surface area (Å²) in [6.07, 6.45) is 1.71. The van der Waals surface area contributed by atoms with Gasteiger partial charge in [0.25, 0.3) is 0 Å². The molecule has 0 saturated heterocycles. The number of benzene rings is 3. The minimum atomic E-state index is 0.125. The van der Waals surface area contributed by atoms with Gasteiger partial charge in [-0.15, -0.1) is 0 Å². The van der Waals surface area contributed by atoms with Gasteiger partial charge in [-0.1, -0.05) is 48.5 Å². The van der Waals surface area contributed by atoms with E-state index in [1.807, 2.05) is 49.4 Å². The van der Waals surface area contributed by atoms with Crippen LogP contribution < -0.4 is 0 Å². The van der Waals surface area contributed by atoms with E-state index < -0.39 is 0 Å². The molecule has 23 heavy (non-hydrogen) atoms. The Balaban J connectivity index is 0.000000595. The Kier molecular flexibility index (Phi) is 7.51. The second-order valence-electron chi connectivity index (χ2n) is 4.84. The van der Waals surface area contributed by atoms with Gasteiger partial charge in [0.15, 0.2) is 0 Å². The van der Waals surface area contributed by atoms with Crippen LogP contribution in [0.15, 0.2) is 65.7 Å². The predicted octanol–water partition coefficient (Wildman–Crippen LogP) is 6.29. The summed E-state index contributed by atoms with van der Waals surface area (Å²) in [5.41, 5.74) is 2.49. The van der Waals surface area contributed by atoms with Gasteiger partial charge < -0.3 is 5.11 Å². The van der Waals surface area contributed by atoms with E-state index in [9.17, 15) is 5.11 Å². The van der Waals surface area contributed by atoms with Gasteiger partial charge in [0.1, 0.15) is 5.75 Å². The number of hydrogen-bond donors (Lipinski definition) is 1. The topological polar surface area (TPSA) is 32.6 Å². The van der Waals surface area contributed by atoms with Crippen molar-refractivity contribution in [2.75, 3.05) is 0 Å². The number of halogens is 2. The van der Waals surface area contributed by atoms with E-state index in [1.54, 1.807) is 6.21 Å². The van der Waals surface area contributed by atoms with Crippen molar-refractivity contribution >= 4 is 49.0 Å². The van der Waals surface area contributed by atoms with Gasteiger partial charge >= 0.3 is 41.3 Å². The Morgan fingerprint density at radius 2 is 1.61 bits per heavy atom. The molecule has 0 aliphatic heterocycles. The quantitative estimate of drug-likeness (QED) is 0.347. The summed E-state index contributed by atoms with van der Waals surface area (Å²) in [6, 6.07) is 19.8. The zero-order valence-electron chi connectivity index (χ0n) is 12.5. The molecule has 116 valence electrons. The van der Waals surface area contributed by atoms with Crippen molar-refractivity contribution in [3.8, 4) is 5.75 Å². The van der Waals surface area contributed by atoms with Crippen LogP contribution in [0.3, 0.4) is 0 Å². The van der Waals surface area contributed by atoms with Gasteiger partial charge in [-0.2, -0.15) is 0 Å². The third-order valence-electron chi connectivity index (χ3n) is 3.38. The molecule has 0 radical (unpaired) electrons. The van der Waals surface area contributed by atoms with Crippen molar-refractivity contribution < 1.29 is 20.1 Å². The first-order valence-corrected chi connectivity index (χ1v) is 14.7. The number of fused-ring (bicyclic) bond motifs is 1. The number of aliphatic imine (C=N–C) groups is 1. The molecule has 0 atom stereocenters. The Hall–Kier alpha value is -0.936. The van der Waals surface area contributed by atoms with Crippen molar-refractivity contribution in [1.29, 1.82) is 0 Å². The number of phenolic OH excluding ortho intramolecular Hbond substituents is 1. The van der Waals surface area contributed by atoms with Gasteiger partial charge in [-0.25, -0.2) is 0 Å². The number of phenols is 1. The maximum absolute atomic E-state index is 10.00. The Bertz CT molecular complexity index is 816. The van der Waals surface area contributed by atoms with E-state index in [4.69, 9.17) is 0 Å². The van der Waals surface area contributed by atoms with Crippen LogP contribution in [0.25, 0.3) is 10.8 Å². The molecule has 0 amide bonds. The number of rotatable bonds is 2. The predicted molar refractivity (Wildman–Crippen MR) is 102 cm³/mol. The second-order valence-corrected chi connectivity index (χ2v) is 12.7. The summed E-state index contributed by atoms with van der Waals surface area (Å²) in [5.74, 6) is 0.288. The summed E-state index contributed by atoms with van der Waals surface area (Å²) in [6.45, 7) is 1.88. The average molecular weight is 469 g/mol. The van der Waals surface area contributed by atoms with Gasteiger partial charge in [0.05, 0.1) is 5.69 Å². The molecule has 0 fully saturated rings. The molecule has 0 heterocycles. The van der Waals surface area contributed by atoms with Crippen LogP contribution in [0, 0.1) is 6.92 Å². The van der Waals surface area contributed by atoms with E-state index in [0.717, 1.165) is 27.6 Å². The Labute approximate surface area is 157 Å². The van der Waals surface area contributed by atoms with Crippen LogP contribution in [0.2, 0.25) is 0 Å². The van der Waals surface area contributed by atoms with Crippen LogP contribution in [0.1, 0.15) is 11.1 Å². The van der Waals surface area contributed by atoms with Gasteiger partial charge in [0.2, 0.25) is 0 Å². The fourth-order valence-electron chi connectivity index (χ4n) is 2.25. The average Bonchev–Trinajstić information content (AvgIpc) is 2.57. The second kappa shape index (κ2) is 9.38. The summed E-state index contributed by atoms with van der Waals surface area (Å²) >= 11 is 6.50. The molecule has 0 spiro atoms. The fourth-order valence-corrected chi connectivity index (χ4v) is 2.25. The van der Waals surface area contributed by atoms with Crippen LogP contribution in [0.5, 0.6) is 5.75 Å². The minimum absolute atomic E-state index is 0.125. The number of aromatic hydroxyl groups is 1. The van der Waals surface area contributed by atoms with E-state index in [1.165, 1.54) is 0 Å². The normalized spacial score (nSPS) is 10.4. The van der Waals surface area contributed by atoms with Crippen LogP contribution in [-0.4, -0.2) is 11.3 Å². The molecule has 0 aliphatic rings. The van der Waals surface area contributed by atoms with E-state index >= 15 is 0 Å². The standard InChI is InChI=1S/C18H15NO.2BrH.Ti/c1-13-6-4-9-15(18(13)20)12-19-17-11-5-8-14-7-2-3-10-16(14)17;;;/h2-12,20H,1H3;2*1H;/q;;;+2/p-2. The monoisotopic (exact) mass is 467 g/mol. The molecule has 0 bridgehead atoms.